The molecule has 0 radical (unpaired) electrons. The Kier molecular flexibility index (Phi) is 9.16. The lowest BCUT2D eigenvalue weighted by Gasteiger charge is -2.23. The Morgan fingerprint density at radius 2 is 1.79 bits per heavy atom. The number of hydrogen-bond donors (Lipinski definition) is 2. The number of pyridine rings is 1. The summed E-state index contributed by atoms with van der Waals surface area (Å²) in [5.74, 6) is -9.85. The summed E-state index contributed by atoms with van der Waals surface area (Å²) < 4.78 is 113. The van der Waals surface area contributed by atoms with Gasteiger partial charge in [0, 0.05) is 28.7 Å². The van der Waals surface area contributed by atoms with Gasteiger partial charge in [0.2, 0.25) is 5.91 Å². The summed E-state index contributed by atoms with van der Waals surface area (Å²) in [4.78, 5) is 31.6. The van der Waals surface area contributed by atoms with Gasteiger partial charge in [0.05, 0.1) is 33.7 Å². The number of aromatic amines is 1. The quantitative estimate of drug-likeness (QED) is 0.103. The van der Waals surface area contributed by atoms with Crippen LogP contribution in [0.5, 0.6) is 0 Å². The Labute approximate surface area is 302 Å². The normalized spacial score (nSPS) is 18.0. The van der Waals surface area contributed by atoms with Gasteiger partial charge < -0.3 is 5.32 Å². The van der Waals surface area contributed by atoms with E-state index in [4.69, 9.17) is 11.6 Å². The SMILES string of the molecule is CC(C)S(=O)(=O)CC(=O)c1cc(-c2cc3[nH]ncc3nc2[C@H](Cc2cc(F)cc(F)c2)NC(=O)Cn2nc(C(F)F)c3c2C(F)(F)[C@@H]2C[C@H]32)ccc1Cl. The fourth-order valence-electron chi connectivity index (χ4n) is 6.86. The standard InChI is InChI=1S/C35H29ClF6N6O4S/c1-15(2)53(51,52)14-28(49)22-8-17(3-4-24(22)36)20-11-25-27(12-43-46-25)45-31(20)26(7-16-5-18(37)9-19(38)6-16)44-29(50)13-48-33-30(32(47-48)34(39)40)21-10-23(21)35(33,41)42/h3-6,8-9,11-12,15,21,23,26,34H,7,10,13-14H2,1-2H3,(H,43,46)(H,44,50)/t21-,23+,26-/m0/s1. The summed E-state index contributed by atoms with van der Waals surface area (Å²) in [7, 11) is -3.82. The van der Waals surface area contributed by atoms with E-state index < -0.39 is 92.3 Å². The van der Waals surface area contributed by atoms with E-state index in [1.165, 1.54) is 38.2 Å². The van der Waals surface area contributed by atoms with E-state index in [0.717, 1.165) is 12.1 Å². The highest BCUT2D eigenvalue weighted by Crippen LogP contribution is 2.68. The first-order chi connectivity index (χ1) is 24.9. The minimum atomic E-state index is -3.82. The van der Waals surface area contributed by atoms with Crippen LogP contribution in [-0.4, -0.2) is 56.1 Å². The second-order valence-electron chi connectivity index (χ2n) is 13.5. The highest BCUT2D eigenvalue weighted by atomic mass is 35.5. The van der Waals surface area contributed by atoms with Crippen LogP contribution >= 0.6 is 11.6 Å². The number of ketones is 1. The van der Waals surface area contributed by atoms with Crippen LogP contribution in [0.15, 0.2) is 48.7 Å². The van der Waals surface area contributed by atoms with Crippen molar-refractivity contribution in [2.75, 3.05) is 5.75 Å². The molecule has 53 heavy (non-hydrogen) atoms. The smallest absolute Gasteiger partial charge is 0.293 e. The largest absolute Gasteiger partial charge is 0.346 e. The number of Topliss-reactive ketones (excluding diaryl/α,β-unsaturated/α-hetero) is 1. The number of hydrogen-bond acceptors (Lipinski definition) is 7. The van der Waals surface area contributed by atoms with Crippen LogP contribution in [0.3, 0.4) is 0 Å². The summed E-state index contributed by atoms with van der Waals surface area (Å²) >= 11 is 6.36. The van der Waals surface area contributed by atoms with Gasteiger partial charge in [-0.25, -0.2) is 31.0 Å². The number of H-pyrrole nitrogens is 1. The minimum absolute atomic E-state index is 0.0281. The van der Waals surface area contributed by atoms with Gasteiger partial charge >= 0.3 is 0 Å². The number of alkyl halides is 4. The average Bonchev–Trinajstić information content (AvgIpc) is 3.48. The van der Waals surface area contributed by atoms with Crippen molar-refractivity contribution in [3.05, 3.63) is 99.1 Å². The van der Waals surface area contributed by atoms with Gasteiger partial charge in [-0.3, -0.25) is 19.4 Å². The first-order valence-electron chi connectivity index (χ1n) is 16.3. The zero-order valence-corrected chi connectivity index (χ0v) is 29.4. The Morgan fingerprint density at radius 3 is 2.47 bits per heavy atom. The van der Waals surface area contributed by atoms with E-state index in [2.05, 4.69) is 25.6 Å². The van der Waals surface area contributed by atoms with Crippen LogP contribution in [0, 0.1) is 17.6 Å². The summed E-state index contributed by atoms with van der Waals surface area (Å²) in [6, 6.07) is 7.22. The summed E-state index contributed by atoms with van der Waals surface area (Å²) in [6.07, 6.45) is -2.08. The first-order valence-corrected chi connectivity index (χ1v) is 18.4. The van der Waals surface area contributed by atoms with E-state index in [1.807, 2.05) is 0 Å². The molecule has 7 rings (SSSR count). The lowest BCUT2D eigenvalue weighted by Crippen LogP contribution is -2.35. The van der Waals surface area contributed by atoms with Gasteiger partial charge in [-0.1, -0.05) is 17.7 Å². The second kappa shape index (κ2) is 13.3. The molecule has 1 saturated carbocycles. The highest BCUT2D eigenvalue weighted by Gasteiger charge is 2.67. The number of fused-ring (bicyclic) bond motifs is 4. The Bertz CT molecular complexity index is 2400. The number of amides is 1. The van der Waals surface area contributed by atoms with Crippen LogP contribution in [0.25, 0.3) is 22.2 Å². The summed E-state index contributed by atoms with van der Waals surface area (Å²) in [5.41, 5.74) is -0.617. The molecular weight excluding hydrogens is 750 g/mol. The molecular formula is C35H29ClF6N6O4S. The fourth-order valence-corrected chi connectivity index (χ4v) is 7.94. The number of benzene rings is 2. The molecule has 0 unspecified atom stereocenters. The van der Waals surface area contributed by atoms with E-state index in [1.54, 1.807) is 6.07 Å². The van der Waals surface area contributed by atoms with Gasteiger partial charge in [-0.05, 0) is 74.1 Å². The molecule has 1 fully saturated rings. The molecule has 1 amide bonds. The monoisotopic (exact) mass is 778 g/mol. The van der Waals surface area contributed by atoms with Crippen LogP contribution in [-0.2, 0) is 33.5 Å². The zero-order valence-electron chi connectivity index (χ0n) is 27.8. The minimum Gasteiger partial charge on any atom is -0.346 e. The molecule has 0 bridgehead atoms. The predicted molar refractivity (Wildman–Crippen MR) is 180 cm³/mol. The number of nitrogens with one attached hydrogen (secondary N) is 2. The number of carbonyl (C=O) groups is 2. The van der Waals surface area contributed by atoms with Crippen molar-refractivity contribution in [1.82, 2.24) is 30.3 Å². The number of halogens is 7. The molecule has 278 valence electrons. The van der Waals surface area contributed by atoms with Crippen molar-refractivity contribution in [3.8, 4) is 11.1 Å². The van der Waals surface area contributed by atoms with Crippen molar-refractivity contribution >= 4 is 44.2 Å². The maximum absolute atomic E-state index is 15.3. The number of carbonyl (C=O) groups excluding carboxylic acids is 2. The zero-order chi connectivity index (χ0) is 38.1. The van der Waals surface area contributed by atoms with Crippen LogP contribution in [0.1, 0.15) is 77.2 Å². The van der Waals surface area contributed by atoms with E-state index in [9.17, 15) is 35.6 Å². The summed E-state index contributed by atoms with van der Waals surface area (Å²) in [5, 5.41) is 12.2. The van der Waals surface area contributed by atoms with E-state index in [-0.39, 0.29) is 56.9 Å². The molecule has 2 aromatic carbocycles. The molecule has 0 aliphatic heterocycles. The van der Waals surface area contributed by atoms with Gasteiger partial charge in [0.15, 0.2) is 15.6 Å². The maximum Gasteiger partial charge on any atom is 0.293 e. The fraction of sp³-hybridized carbons (Fsp3) is 0.343. The second-order valence-corrected chi connectivity index (χ2v) is 16.4. The highest BCUT2D eigenvalue weighted by molar-refractivity contribution is 7.92. The Hall–Kier alpha value is -4.77. The van der Waals surface area contributed by atoms with Gasteiger partial charge in [-0.2, -0.15) is 19.0 Å². The molecule has 3 heterocycles. The van der Waals surface area contributed by atoms with Gasteiger partial charge in [-0.15, -0.1) is 0 Å². The molecule has 10 nitrogen and oxygen atoms in total. The van der Waals surface area contributed by atoms with E-state index >= 15 is 8.78 Å². The van der Waals surface area contributed by atoms with Crippen molar-refractivity contribution in [3.63, 3.8) is 0 Å². The molecule has 5 aromatic rings. The number of rotatable bonds is 12. The number of aromatic nitrogens is 5. The van der Waals surface area contributed by atoms with Crippen molar-refractivity contribution < 1.29 is 44.3 Å². The van der Waals surface area contributed by atoms with Crippen molar-refractivity contribution in [2.45, 2.75) is 62.8 Å². The molecule has 3 atom stereocenters. The first kappa shape index (κ1) is 36.6. The van der Waals surface area contributed by atoms with Gasteiger partial charge in [0.25, 0.3) is 12.3 Å². The Balaban J connectivity index is 1.31. The molecule has 0 spiro atoms. The summed E-state index contributed by atoms with van der Waals surface area (Å²) in [6.45, 7) is 1.97. The van der Waals surface area contributed by atoms with Crippen molar-refractivity contribution in [2.24, 2.45) is 5.92 Å². The van der Waals surface area contributed by atoms with Crippen LogP contribution in [0.4, 0.5) is 26.3 Å². The van der Waals surface area contributed by atoms with Gasteiger partial charge in [0.1, 0.15) is 40.8 Å². The lowest BCUT2D eigenvalue weighted by atomic mass is 9.93. The molecule has 18 heteroatoms. The molecule has 2 aliphatic rings. The lowest BCUT2D eigenvalue weighted by molar-refractivity contribution is -0.123. The third kappa shape index (κ3) is 6.80. The maximum atomic E-state index is 15.3. The van der Waals surface area contributed by atoms with Crippen molar-refractivity contribution in [1.29, 1.82) is 0 Å². The molecule has 0 saturated heterocycles. The molecule has 3 aromatic heterocycles. The molecule has 2 N–H and O–H groups in total. The average molecular weight is 779 g/mol. The molecule has 2 aliphatic carbocycles. The Morgan fingerprint density at radius 1 is 1.08 bits per heavy atom. The third-order valence-corrected chi connectivity index (χ3v) is 12.0. The van der Waals surface area contributed by atoms with Crippen LogP contribution in [0.2, 0.25) is 5.02 Å². The number of nitrogens with zero attached hydrogens (tertiary/aromatic N) is 4. The third-order valence-electron chi connectivity index (χ3n) is 9.57. The topological polar surface area (TPSA) is 140 Å². The number of sulfone groups is 1. The predicted octanol–water partition coefficient (Wildman–Crippen LogP) is 7.01. The van der Waals surface area contributed by atoms with Crippen LogP contribution < -0.4 is 5.32 Å². The van der Waals surface area contributed by atoms with E-state index in [0.29, 0.717) is 16.3 Å².